The Hall–Kier alpha value is -4.61. The van der Waals surface area contributed by atoms with Crippen molar-refractivity contribution in [2.75, 3.05) is 20.5 Å². The molecule has 0 saturated heterocycles. The lowest BCUT2D eigenvalue weighted by atomic mass is 9.95. The molecular weight excluding hydrogens is 584 g/mol. The molecule has 42 heavy (non-hydrogen) atoms. The highest BCUT2D eigenvalue weighted by molar-refractivity contribution is 7.07. The van der Waals surface area contributed by atoms with Gasteiger partial charge in [-0.05, 0) is 61.9 Å². The molecule has 2 aliphatic heterocycles. The van der Waals surface area contributed by atoms with Crippen LogP contribution in [-0.2, 0) is 14.3 Å². The fourth-order valence-corrected chi connectivity index (χ4v) is 6.07. The second kappa shape index (κ2) is 11.0. The highest BCUT2D eigenvalue weighted by Gasteiger charge is 2.34. The van der Waals surface area contributed by atoms with Crippen LogP contribution in [0.3, 0.4) is 0 Å². The normalized spacial score (nSPS) is 15.8. The number of methoxy groups -OCH3 is 1. The van der Waals surface area contributed by atoms with Crippen molar-refractivity contribution in [2.24, 2.45) is 4.99 Å². The number of carbonyl (C=O) groups is 2. The summed E-state index contributed by atoms with van der Waals surface area (Å²) in [6.07, 6.45) is 1.62. The Kier molecular flexibility index (Phi) is 7.21. The molecule has 0 spiro atoms. The number of hydrogen-bond acceptors (Lipinski definition) is 10. The lowest BCUT2D eigenvalue weighted by molar-refractivity contribution is -0.139. The number of carbonyl (C=O) groups excluding carboxylic acids is 2. The van der Waals surface area contributed by atoms with Crippen LogP contribution in [-0.4, -0.2) is 37.0 Å². The maximum atomic E-state index is 13.9. The number of nitrogens with zero attached hydrogens (tertiary/aromatic N) is 2. The van der Waals surface area contributed by atoms with E-state index in [9.17, 15) is 14.4 Å². The Morgan fingerprint density at radius 2 is 1.93 bits per heavy atom. The molecule has 0 saturated carbocycles. The van der Waals surface area contributed by atoms with E-state index in [1.54, 1.807) is 68.5 Å². The zero-order valence-electron chi connectivity index (χ0n) is 22.6. The van der Waals surface area contributed by atoms with Crippen LogP contribution in [0, 0.1) is 0 Å². The van der Waals surface area contributed by atoms with Gasteiger partial charge in [0.1, 0.15) is 11.5 Å². The molecule has 4 heterocycles. The minimum atomic E-state index is -0.796. The summed E-state index contributed by atoms with van der Waals surface area (Å²) in [5, 5.41) is 0.257. The standard InChI is InChI=1S/C30H23ClN2O8S/c1-4-38-29(36)25-15(2)32-30-33(26(25)17-6-9-22-23(12-17)40-14-39-22)27(34)24(42-30)13-18-7-10-21(41-18)16-5-8-20(31)19(11-16)28(35)37-3/h5-13,26H,4,14H2,1-3H3/b24-13-/t26-/m1/s1. The van der Waals surface area contributed by atoms with E-state index in [0.717, 1.165) is 0 Å². The number of fused-ring (bicyclic) bond motifs is 2. The van der Waals surface area contributed by atoms with Crippen molar-refractivity contribution in [1.82, 2.24) is 4.57 Å². The Morgan fingerprint density at radius 1 is 1.12 bits per heavy atom. The van der Waals surface area contributed by atoms with Crippen molar-refractivity contribution in [2.45, 2.75) is 19.9 Å². The zero-order valence-corrected chi connectivity index (χ0v) is 24.2. The number of esters is 2. The Labute approximate surface area is 247 Å². The van der Waals surface area contributed by atoms with E-state index in [1.165, 1.54) is 23.0 Å². The highest BCUT2D eigenvalue weighted by atomic mass is 35.5. The van der Waals surface area contributed by atoms with Crippen LogP contribution < -0.4 is 24.4 Å². The van der Waals surface area contributed by atoms with Crippen molar-refractivity contribution in [3.05, 3.63) is 101 Å². The molecule has 0 radical (unpaired) electrons. The Balaban J connectivity index is 1.44. The summed E-state index contributed by atoms with van der Waals surface area (Å²) < 4.78 is 29.0. The first-order valence-electron chi connectivity index (χ1n) is 12.9. The largest absolute Gasteiger partial charge is 0.465 e. The number of rotatable bonds is 6. The molecule has 0 unspecified atom stereocenters. The van der Waals surface area contributed by atoms with Gasteiger partial charge in [0.05, 0.1) is 46.1 Å². The van der Waals surface area contributed by atoms with E-state index >= 15 is 0 Å². The summed E-state index contributed by atoms with van der Waals surface area (Å²) in [4.78, 5) is 44.1. The summed E-state index contributed by atoms with van der Waals surface area (Å²) >= 11 is 7.33. The van der Waals surface area contributed by atoms with E-state index in [4.69, 9.17) is 35.0 Å². The molecule has 2 aromatic carbocycles. The number of halogens is 1. The molecule has 0 amide bonds. The van der Waals surface area contributed by atoms with Gasteiger partial charge in [0, 0.05) is 11.6 Å². The minimum absolute atomic E-state index is 0.0896. The first-order chi connectivity index (χ1) is 20.3. The second-order valence-corrected chi connectivity index (χ2v) is 10.7. The quantitative estimate of drug-likeness (QED) is 0.299. The molecule has 2 aromatic heterocycles. The van der Waals surface area contributed by atoms with E-state index in [-0.39, 0.29) is 35.1 Å². The predicted octanol–water partition coefficient (Wildman–Crippen LogP) is 4.23. The summed E-state index contributed by atoms with van der Waals surface area (Å²) in [5.41, 5.74) is 1.83. The summed E-state index contributed by atoms with van der Waals surface area (Å²) in [6.45, 7) is 3.70. The third kappa shape index (κ3) is 4.80. The molecule has 0 fully saturated rings. The third-order valence-corrected chi connectivity index (χ3v) is 8.10. The number of hydrogen-bond donors (Lipinski definition) is 0. The zero-order chi connectivity index (χ0) is 29.5. The Bertz CT molecular complexity index is 1970. The summed E-state index contributed by atoms with van der Waals surface area (Å²) in [5.74, 6) is 0.857. The molecule has 10 nitrogen and oxygen atoms in total. The highest BCUT2D eigenvalue weighted by Crippen LogP contribution is 2.38. The molecule has 2 aliphatic rings. The van der Waals surface area contributed by atoms with Crippen LogP contribution >= 0.6 is 22.9 Å². The van der Waals surface area contributed by atoms with Gasteiger partial charge in [-0.25, -0.2) is 14.6 Å². The average Bonchev–Trinajstić information content (AvgIpc) is 3.71. The molecular formula is C30H23ClN2O8S. The number of allylic oxidation sites excluding steroid dienone is 1. The SMILES string of the molecule is CCOC(=O)C1=C(C)N=c2s/c(=C\c3ccc(-c4ccc(Cl)c(C(=O)OC)c4)o3)c(=O)n2[C@@H]1c1ccc2c(c1)OCO2. The Morgan fingerprint density at radius 3 is 2.71 bits per heavy atom. The number of furan rings is 1. The van der Waals surface area contributed by atoms with Crippen molar-refractivity contribution in [1.29, 1.82) is 0 Å². The van der Waals surface area contributed by atoms with Crippen molar-refractivity contribution in [3.8, 4) is 22.8 Å². The molecule has 4 aromatic rings. The monoisotopic (exact) mass is 606 g/mol. The number of benzene rings is 2. The first kappa shape index (κ1) is 27.6. The van der Waals surface area contributed by atoms with Crippen LogP contribution in [0.15, 0.2) is 74.0 Å². The van der Waals surface area contributed by atoms with Crippen LogP contribution in [0.2, 0.25) is 5.02 Å². The fourth-order valence-electron chi connectivity index (χ4n) is 4.85. The summed E-state index contributed by atoms with van der Waals surface area (Å²) in [6, 6.07) is 12.8. The molecule has 0 N–H and O–H groups in total. The van der Waals surface area contributed by atoms with Gasteiger partial charge in [0.25, 0.3) is 5.56 Å². The van der Waals surface area contributed by atoms with Crippen LogP contribution in [0.4, 0.5) is 0 Å². The van der Waals surface area contributed by atoms with Gasteiger partial charge in [-0.3, -0.25) is 9.36 Å². The van der Waals surface area contributed by atoms with Gasteiger partial charge in [0.15, 0.2) is 16.3 Å². The number of ether oxygens (including phenoxy) is 4. The van der Waals surface area contributed by atoms with Crippen LogP contribution in [0.25, 0.3) is 17.4 Å². The van der Waals surface area contributed by atoms with Gasteiger partial charge in [-0.2, -0.15) is 0 Å². The number of aromatic nitrogens is 1. The van der Waals surface area contributed by atoms with Crippen LogP contribution in [0.1, 0.15) is 41.6 Å². The number of thiazole rings is 1. The van der Waals surface area contributed by atoms with Crippen molar-refractivity contribution >= 4 is 41.0 Å². The molecule has 214 valence electrons. The van der Waals surface area contributed by atoms with Gasteiger partial charge in [0.2, 0.25) is 6.79 Å². The van der Waals surface area contributed by atoms with E-state index in [1.807, 2.05) is 0 Å². The topological polar surface area (TPSA) is 119 Å². The lowest BCUT2D eigenvalue weighted by Gasteiger charge is -2.24. The van der Waals surface area contributed by atoms with Crippen molar-refractivity contribution in [3.63, 3.8) is 0 Å². The third-order valence-electron chi connectivity index (χ3n) is 6.79. The van der Waals surface area contributed by atoms with Crippen molar-refractivity contribution < 1.29 is 33.0 Å². The molecule has 0 aliphatic carbocycles. The lowest BCUT2D eigenvalue weighted by Crippen LogP contribution is -2.39. The molecule has 6 rings (SSSR count). The van der Waals surface area contributed by atoms with Gasteiger partial charge >= 0.3 is 11.9 Å². The van der Waals surface area contributed by atoms with Crippen LogP contribution in [0.5, 0.6) is 11.5 Å². The maximum absolute atomic E-state index is 13.9. The molecule has 1 atom stereocenters. The van der Waals surface area contributed by atoms with Gasteiger partial charge < -0.3 is 23.4 Å². The fraction of sp³-hybridized carbons (Fsp3) is 0.200. The first-order valence-corrected chi connectivity index (χ1v) is 14.1. The van der Waals surface area contributed by atoms with E-state index in [2.05, 4.69) is 4.99 Å². The predicted molar refractivity (Wildman–Crippen MR) is 153 cm³/mol. The molecule has 12 heteroatoms. The van der Waals surface area contributed by atoms with E-state index < -0.39 is 18.0 Å². The second-order valence-electron chi connectivity index (χ2n) is 9.30. The minimum Gasteiger partial charge on any atom is -0.465 e. The van der Waals surface area contributed by atoms with Gasteiger partial charge in [-0.1, -0.05) is 29.0 Å². The van der Waals surface area contributed by atoms with Gasteiger partial charge in [-0.15, -0.1) is 0 Å². The average molecular weight is 607 g/mol. The smallest absolute Gasteiger partial charge is 0.339 e. The summed E-state index contributed by atoms with van der Waals surface area (Å²) in [7, 11) is 1.28. The van der Waals surface area contributed by atoms with E-state index in [0.29, 0.717) is 49.2 Å². The molecule has 0 bridgehead atoms. The maximum Gasteiger partial charge on any atom is 0.339 e.